The molecule has 2 unspecified atom stereocenters. The van der Waals surface area contributed by atoms with Crippen molar-refractivity contribution in [2.24, 2.45) is 11.7 Å². The molecule has 0 aromatic heterocycles. The third-order valence-corrected chi connectivity index (χ3v) is 3.82. The zero-order valence-corrected chi connectivity index (χ0v) is 10.6. The molecule has 5 heteroatoms. The standard InChI is InChI=1S/C14H18FNO3/c15-11-3-5-12(6-4-11)19-9-7-10-2-1-8-14(10,16)13(17)18/h3-6,10H,1-2,7-9,16H2,(H,17,18). The molecular weight excluding hydrogens is 249 g/mol. The third kappa shape index (κ3) is 3.04. The summed E-state index contributed by atoms with van der Waals surface area (Å²) in [6.45, 7) is 0.391. The Morgan fingerprint density at radius 3 is 2.79 bits per heavy atom. The molecule has 0 spiro atoms. The van der Waals surface area contributed by atoms with E-state index in [1.807, 2.05) is 0 Å². The van der Waals surface area contributed by atoms with Crippen LogP contribution in [0.5, 0.6) is 5.75 Å². The normalized spacial score (nSPS) is 26.3. The number of benzene rings is 1. The Morgan fingerprint density at radius 1 is 1.47 bits per heavy atom. The second kappa shape index (κ2) is 5.57. The molecule has 0 saturated heterocycles. The maximum atomic E-state index is 12.7. The van der Waals surface area contributed by atoms with Gasteiger partial charge in [0.05, 0.1) is 6.61 Å². The van der Waals surface area contributed by atoms with Crippen molar-refractivity contribution in [3.63, 3.8) is 0 Å². The van der Waals surface area contributed by atoms with Crippen molar-refractivity contribution in [2.45, 2.75) is 31.2 Å². The first-order valence-electron chi connectivity index (χ1n) is 6.43. The van der Waals surface area contributed by atoms with Gasteiger partial charge in [-0.15, -0.1) is 0 Å². The van der Waals surface area contributed by atoms with Crippen LogP contribution >= 0.6 is 0 Å². The first-order chi connectivity index (χ1) is 9.02. The molecule has 1 aliphatic rings. The summed E-state index contributed by atoms with van der Waals surface area (Å²) in [7, 11) is 0. The molecule has 3 N–H and O–H groups in total. The highest BCUT2D eigenvalue weighted by atomic mass is 19.1. The third-order valence-electron chi connectivity index (χ3n) is 3.82. The molecule has 4 nitrogen and oxygen atoms in total. The van der Waals surface area contributed by atoms with Crippen molar-refractivity contribution in [2.75, 3.05) is 6.61 Å². The minimum absolute atomic E-state index is 0.0644. The van der Waals surface area contributed by atoms with Crippen LogP contribution in [0.1, 0.15) is 25.7 Å². The Balaban J connectivity index is 1.85. The summed E-state index contributed by atoms with van der Waals surface area (Å²) < 4.78 is 18.2. The Labute approximate surface area is 111 Å². The maximum absolute atomic E-state index is 12.7. The smallest absolute Gasteiger partial charge is 0.323 e. The number of hydrogen-bond donors (Lipinski definition) is 2. The van der Waals surface area contributed by atoms with Crippen LogP contribution in [0.2, 0.25) is 0 Å². The molecule has 0 aliphatic heterocycles. The Bertz CT molecular complexity index is 449. The Hall–Kier alpha value is -1.62. The number of halogens is 1. The highest BCUT2D eigenvalue weighted by molar-refractivity contribution is 5.79. The zero-order chi connectivity index (χ0) is 13.9. The van der Waals surface area contributed by atoms with Crippen molar-refractivity contribution < 1.29 is 19.0 Å². The summed E-state index contributed by atoms with van der Waals surface area (Å²) in [4.78, 5) is 11.2. The average molecular weight is 267 g/mol. The second-order valence-electron chi connectivity index (χ2n) is 5.03. The maximum Gasteiger partial charge on any atom is 0.323 e. The molecule has 0 heterocycles. The lowest BCUT2D eigenvalue weighted by atomic mass is 9.86. The molecule has 1 aromatic rings. The minimum Gasteiger partial charge on any atom is -0.494 e. The first kappa shape index (κ1) is 13.8. The fraction of sp³-hybridized carbons (Fsp3) is 0.500. The fourth-order valence-corrected chi connectivity index (χ4v) is 2.64. The number of nitrogens with two attached hydrogens (primary N) is 1. The highest BCUT2D eigenvalue weighted by Gasteiger charge is 2.45. The summed E-state index contributed by atoms with van der Waals surface area (Å²) >= 11 is 0. The molecule has 2 rings (SSSR count). The van der Waals surface area contributed by atoms with Gasteiger partial charge in [0.2, 0.25) is 0 Å². The van der Waals surface area contributed by atoms with E-state index in [0.29, 0.717) is 25.2 Å². The van der Waals surface area contributed by atoms with Gasteiger partial charge >= 0.3 is 5.97 Å². The number of rotatable bonds is 5. The van der Waals surface area contributed by atoms with Crippen LogP contribution in [0.4, 0.5) is 4.39 Å². The van der Waals surface area contributed by atoms with Gasteiger partial charge < -0.3 is 15.6 Å². The summed E-state index contributed by atoms with van der Waals surface area (Å²) in [5.74, 6) is -0.727. The Kier molecular flexibility index (Phi) is 4.04. The fourth-order valence-electron chi connectivity index (χ4n) is 2.64. The van der Waals surface area contributed by atoms with Crippen molar-refractivity contribution in [3.05, 3.63) is 30.1 Å². The van der Waals surface area contributed by atoms with E-state index in [4.69, 9.17) is 10.5 Å². The molecule has 19 heavy (non-hydrogen) atoms. The lowest BCUT2D eigenvalue weighted by Crippen LogP contribution is -2.51. The van der Waals surface area contributed by atoms with Gasteiger partial charge in [-0.2, -0.15) is 0 Å². The van der Waals surface area contributed by atoms with Crippen molar-refractivity contribution in [1.82, 2.24) is 0 Å². The van der Waals surface area contributed by atoms with Gasteiger partial charge in [-0.05, 0) is 49.4 Å². The van der Waals surface area contributed by atoms with Crippen molar-refractivity contribution in [1.29, 1.82) is 0 Å². The number of hydrogen-bond acceptors (Lipinski definition) is 3. The Morgan fingerprint density at radius 2 is 2.16 bits per heavy atom. The van der Waals surface area contributed by atoms with Crippen molar-refractivity contribution >= 4 is 5.97 Å². The van der Waals surface area contributed by atoms with E-state index < -0.39 is 11.5 Å². The molecule has 1 fully saturated rings. The van der Waals surface area contributed by atoms with Crippen LogP contribution in [-0.2, 0) is 4.79 Å². The molecule has 1 aliphatic carbocycles. The topological polar surface area (TPSA) is 72.6 Å². The summed E-state index contributed by atoms with van der Waals surface area (Å²) in [5.41, 5.74) is 4.82. The SMILES string of the molecule is NC1(C(=O)O)CCCC1CCOc1ccc(F)cc1. The van der Waals surface area contributed by atoms with Gasteiger partial charge in [0.1, 0.15) is 17.1 Å². The van der Waals surface area contributed by atoms with Crippen LogP contribution in [0.25, 0.3) is 0 Å². The van der Waals surface area contributed by atoms with Crippen LogP contribution in [0.15, 0.2) is 24.3 Å². The number of aliphatic carboxylic acids is 1. The summed E-state index contributed by atoms with van der Waals surface area (Å²) in [6, 6.07) is 5.76. The van der Waals surface area contributed by atoms with Crippen LogP contribution in [0.3, 0.4) is 0 Å². The van der Waals surface area contributed by atoms with Gasteiger partial charge in [0.15, 0.2) is 0 Å². The molecule has 1 saturated carbocycles. The monoisotopic (exact) mass is 267 g/mol. The van der Waals surface area contributed by atoms with Gasteiger partial charge in [-0.25, -0.2) is 4.39 Å². The lowest BCUT2D eigenvalue weighted by Gasteiger charge is -2.26. The molecule has 104 valence electrons. The van der Waals surface area contributed by atoms with E-state index in [9.17, 15) is 14.3 Å². The predicted molar refractivity (Wildman–Crippen MR) is 68.4 cm³/mol. The van der Waals surface area contributed by atoms with E-state index in [0.717, 1.165) is 12.8 Å². The largest absolute Gasteiger partial charge is 0.494 e. The van der Waals surface area contributed by atoms with Gasteiger partial charge in [0, 0.05) is 0 Å². The van der Waals surface area contributed by atoms with E-state index in [-0.39, 0.29) is 11.7 Å². The lowest BCUT2D eigenvalue weighted by molar-refractivity contribution is -0.144. The van der Waals surface area contributed by atoms with E-state index >= 15 is 0 Å². The number of carboxylic acids is 1. The predicted octanol–water partition coefficient (Wildman–Crippen LogP) is 2.18. The van der Waals surface area contributed by atoms with Crippen LogP contribution < -0.4 is 10.5 Å². The second-order valence-corrected chi connectivity index (χ2v) is 5.03. The van der Waals surface area contributed by atoms with Crippen LogP contribution in [0, 0.1) is 11.7 Å². The molecule has 2 atom stereocenters. The van der Waals surface area contributed by atoms with E-state index in [2.05, 4.69) is 0 Å². The van der Waals surface area contributed by atoms with Crippen molar-refractivity contribution in [3.8, 4) is 5.75 Å². The summed E-state index contributed by atoms with van der Waals surface area (Å²) in [5, 5.41) is 9.18. The van der Waals surface area contributed by atoms with E-state index in [1.165, 1.54) is 12.1 Å². The first-order valence-corrected chi connectivity index (χ1v) is 6.43. The number of ether oxygens (including phenoxy) is 1. The summed E-state index contributed by atoms with van der Waals surface area (Å²) in [6.07, 6.45) is 2.77. The number of carbonyl (C=O) groups is 1. The van der Waals surface area contributed by atoms with Gasteiger partial charge in [0.25, 0.3) is 0 Å². The molecule has 0 amide bonds. The molecule has 1 aromatic carbocycles. The quantitative estimate of drug-likeness (QED) is 0.857. The average Bonchev–Trinajstić information content (AvgIpc) is 2.75. The molecule has 0 bridgehead atoms. The van der Waals surface area contributed by atoms with Gasteiger partial charge in [-0.1, -0.05) is 6.42 Å². The van der Waals surface area contributed by atoms with Gasteiger partial charge in [-0.3, -0.25) is 4.79 Å². The molecular formula is C14H18FNO3. The number of carboxylic acid groups (broad SMARTS) is 1. The minimum atomic E-state index is -1.12. The van der Waals surface area contributed by atoms with Crippen LogP contribution in [-0.4, -0.2) is 23.2 Å². The zero-order valence-electron chi connectivity index (χ0n) is 10.6. The van der Waals surface area contributed by atoms with E-state index in [1.54, 1.807) is 12.1 Å². The highest BCUT2D eigenvalue weighted by Crippen LogP contribution is 2.36. The molecule has 0 radical (unpaired) electrons.